The number of ether oxygens (including phenoxy) is 1. The van der Waals surface area contributed by atoms with Crippen molar-refractivity contribution in [2.45, 2.75) is 25.9 Å². The molecule has 0 N–H and O–H groups in total. The number of rotatable bonds is 5. The topological polar surface area (TPSA) is 48.1 Å². The molecule has 0 fully saturated rings. The van der Waals surface area contributed by atoms with E-state index in [4.69, 9.17) is 4.74 Å². The summed E-state index contributed by atoms with van der Waals surface area (Å²) in [7, 11) is 3.94. The van der Waals surface area contributed by atoms with Gasteiger partial charge in [-0.1, -0.05) is 0 Å². The van der Waals surface area contributed by atoms with Crippen molar-refractivity contribution in [3.63, 3.8) is 0 Å². The molecule has 0 bridgehead atoms. The number of fused-ring (bicyclic) bond motifs is 1. The average molecular weight is 289 g/mol. The molecular formula is C15H23N5O. The molecule has 114 valence electrons. The standard InChI is InChI=1S/C15H23N5O/c1-4-21-11-14-10-20(7-12-5-16-18(2)6-12)9-13-8-19(3)17-15(13)14/h5-6,8,14H,4,7,9-11H2,1-3H3/t14-/m1/s1. The lowest BCUT2D eigenvalue weighted by molar-refractivity contribution is 0.104. The van der Waals surface area contributed by atoms with E-state index in [0.29, 0.717) is 5.92 Å². The fraction of sp³-hybridized carbons (Fsp3) is 0.600. The van der Waals surface area contributed by atoms with Crippen molar-refractivity contribution in [2.75, 3.05) is 19.8 Å². The molecule has 6 heteroatoms. The molecule has 0 spiro atoms. The zero-order chi connectivity index (χ0) is 14.8. The van der Waals surface area contributed by atoms with Crippen LogP contribution in [0.3, 0.4) is 0 Å². The molecule has 0 saturated carbocycles. The van der Waals surface area contributed by atoms with Crippen LogP contribution in [0.4, 0.5) is 0 Å². The van der Waals surface area contributed by atoms with Crippen molar-refractivity contribution in [2.24, 2.45) is 14.1 Å². The van der Waals surface area contributed by atoms with E-state index < -0.39 is 0 Å². The highest BCUT2D eigenvalue weighted by atomic mass is 16.5. The van der Waals surface area contributed by atoms with Gasteiger partial charge in [-0.15, -0.1) is 0 Å². The number of hydrogen-bond donors (Lipinski definition) is 0. The average Bonchev–Trinajstić information content (AvgIpc) is 3.01. The zero-order valence-electron chi connectivity index (χ0n) is 13.0. The van der Waals surface area contributed by atoms with Gasteiger partial charge in [-0.25, -0.2) is 0 Å². The van der Waals surface area contributed by atoms with Gasteiger partial charge in [-0.3, -0.25) is 14.3 Å². The number of nitrogens with zero attached hydrogens (tertiary/aromatic N) is 5. The van der Waals surface area contributed by atoms with Gasteiger partial charge in [0.05, 0.1) is 18.5 Å². The van der Waals surface area contributed by atoms with Crippen LogP contribution in [0, 0.1) is 0 Å². The lowest BCUT2D eigenvalue weighted by Crippen LogP contribution is -2.34. The summed E-state index contributed by atoms with van der Waals surface area (Å²) in [6.07, 6.45) is 6.15. The van der Waals surface area contributed by atoms with E-state index in [1.807, 2.05) is 36.6 Å². The van der Waals surface area contributed by atoms with Gasteiger partial charge >= 0.3 is 0 Å². The van der Waals surface area contributed by atoms with E-state index in [-0.39, 0.29) is 0 Å². The first kappa shape index (κ1) is 14.3. The van der Waals surface area contributed by atoms with E-state index in [0.717, 1.165) is 32.8 Å². The molecule has 3 heterocycles. The third kappa shape index (κ3) is 3.16. The second-order valence-electron chi connectivity index (χ2n) is 5.76. The van der Waals surface area contributed by atoms with Crippen LogP contribution in [0.5, 0.6) is 0 Å². The summed E-state index contributed by atoms with van der Waals surface area (Å²) in [5, 5.41) is 8.87. The van der Waals surface area contributed by atoms with Crippen LogP contribution < -0.4 is 0 Å². The van der Waals surface area contributed by atoms with Gasteiger partial charge in [0.25, 0.3) is 0 Å². The summed E-state index contributed by atoms with van der Waals surface area (Å²) < 4.78 is 9.42. The van der Waals surface area contributed by atoms with Gasteiger partial charge in [0.1, 0.15) is 0 Å². The molecule has 2 aromatic heterocycles. The Morgan fingerprint density at radius 3 is 2.86 bits per heavy atom. The highest BCUT2D eigenvalue weighted by Crippen LogP contribution is 2.28. The smallest absolute Gasteiger partial charge is 0.0736 e. The Bertz CT molecular complexity index is 603. The quantitative estimate of drug-likeness (QED) is 0.832. The monoisotopic (exact) mass is 289 g/mol. The zero-order valence-corrected chi connectivity index (χ0v) is 13.0. The third-order valence-corrected chi connectivity index (χ3v) is 3.88. The molecule has 2 aromatic rings. The summed E-state index contributed by atoms with van der Waals surface area (Å²) in [4.78, 5) is 2.45. The first-order chi connectivity index (χ1) is 10.2. The highest BCUT2D eigenvalue weighted by molar-refractivity contribution is 5.25. The van der Waals surface area contributed by atoms with Crippen molar-refractivity contribution in [1.82, 2.24) is 24.5 Å². The SMILES string of the molecule is CCOC[C@H]1CN(Cc2cnn(C)c2)Cc2cn(C)nc21. The molecule has 0 unspecified atom stereocenters. The van der Waals surface area contributed by atoms with Crippen LogP contribution in [-0.4, -0.2) is 44.2 Å². The second kappa shape index (κ2) is 5.99. The van der Waals surface area contributed by atoms with Gasteiger partial charge in [0.15, 0.2) is 0 Å². The highest BCUT2D eigenvalue weighted by Gasteiger charge is 2.28. The molecule has 1 aliphatic rings. The van der Waals surface area contributed by atoms with Crippen molar-refractivity contribution in [3.05, 3.63) is 35.4 Å². The molecule has 1 atom stereocenters. The summed E-state index contributed by atoms with van der Waals surface area (Å²) >= 11 is 0. The summed E-state index contributed by atoms with van der Waals surface area (Å²) in [6, 6.07) is 0. The molecule has 0 radical (unpaired) electrons. The van der Waals surface area contributed by atoms with Crippen LogP contribution in [-0.2, 0) is 31.9 Å². The van der Waals surface area contributed by atoms with E-state index in [1.165, 1.54) is 16.8 Å². The minimum atomic E-state index is 0.353. The van der Waals surface area contributed by atoms with Crippen molar-refractivity contribution >= 4 is 0 Å². The fourth-order valence-corrected chi connectivity index (χ4v) is 3.05. The lowest BCUT2D eigenvalue weighted by atomic mass is 9.97. The molecule has 0 saturated heterocycles. The first-order valence-electron chi connectivity index (χ1n) is 7.45. The summed E-state index contributed by atoms with van der Waals surface area (Å²) in [6.45, 7) is 6.38. The normalized spacial score (nSPS) is 18.9. The van der Waals surface area contributed by atoms with Gasteiger partial charge in [-0.05, 0) is 6.92 Å². The predicted molar refractivity (Wildman–Crippen MR) is 79.8 cm³/mol. The van der Waals surface area contributed by atoms with Crippen LogP contribution in [0.1, 0.15) is 29.7 Å². The molecule has 0 amide bonds. The molecule has 1 aliphatic heterocycles. The van der Waals surface area contributed by atoms with Gasteiger partial charge in [0, 0.05) is 69.8 Å². The van der Waals surface area contributed by atoms with Crippen LogP contribution in [0.25, 0.3) is 0 Å². The molecule has 0 aromatic carbocycles. The Balaban J connectivity index is 1.76. The Morgan fingerprint density at radius 1 is 1.29 bits per heavy atom. The minimum absolute atomic E-state index is 0.353. The van der Waals surface area contributed by atoms with E-state index in [2.05, 4.69) is 27.5 Å². The first-order valence-corrected chi connectivity index (χ1v) is 7.45. The number of aromatic nitrogens is 4. The Morgan fingerprint density at radius 2 is 2.14 bits per heavy atom. The lowest BCUT2D eigenvalue weighted by Gasteiger charge is -2.31. The van der Waals surface area contributed by atoms with Gasteiger partial charge in [0.2, 0.25) is 0 Å². The van der Waals surface area contributed by atoms with Crippen molar-refractivity contribution in [1.29, 1.82) is 0 Å². The largest absolute Gasteiger partial charge is 0.381 e. The van der Waals surface area contributed by atoms with E-state index in [1.54, 1.807) is 0 Å². The summed E-state index contributed by atoms with van der Waals surface area (Å²) in [5.41, 5.74) is 3.77. The maximum absolute atomic E-state index is 5.65. The molecule has 0 aliphatic carbocycles. The molecular weight excluding hydrogens is 266 g/mol. The Hall–Kier alpha value is -1.66. The second-order valence-corrected chi connectivity index (χ2v) is 5.76. The maximum Gasteiger partial charge on any atom is 0.0736 e. The van der Waals surface area contributed by atoms with Crippen LogP contribution in [0.2, 0.25) is 0 Å². The van der Waals surface area contributed by atoms with Gasteiger partial charge < -0.3 is 4.74 Å². The molecule has 3 rings (SSSR count). The van der Waals surface area contributed by atoms with Crippen molar-refractivity contribution in [3.8, 4) is 0 Å². The Labute approximate surface area is 125 Å². The van der Waals surface area contributed by atoms with Crippen LogP contribution >= 0.6 is 0 Å². The van der Waals surface area contributed by atoms with E-state index in [9.17, 15) is 0 Å². The third-order valence-electron chi connectivity index (χ3n) is 3.88. The maximum atomic E-state index is 5.65. The van der Waals surface area contributed by atoms with Gasteiger partial charge in [-0.2, -0.15) is 10.2 Å². The predicted octanol–water partition coefficient (Wildman–Crippen LogP) is 1.29. The summed E-state index contributed by atoms with van der Waals surface area (Å²) in [5.74, 6) is 0.353. The molecule has 6 nitrogen and oxygen atoms in total. The molecule has 21 heavy (non-hydrogen) atoms. The van der Waals surface area contributed by atoms with E-state index >= 15 is 0 Å². The van der Waals surface area contributed by atoms with Crippen LogP contribution in [0.15, 0.2) is 18.6 Å². The number of aryl methyl sites for hydroxylation is 2. The fourth-order valence-electron chi connectivity index (χ4n) is 3.05. The minimum Gasteiger partial charge on any atom is -0.381 e. The Kier molecular flexibility index (Phi) is 4.07. The van der Waals surface area contributed by atoms with Crippen molar-refractivity contribution < 1.29 is 4.74 Å². The number of hydrogen-bond acceptors (Lipinski definition) is 4.